The lowest BCUT2D eigenvalue weighted by Gasteiger charge is -2.62. The summed E-state index contributed by atoms with van der Waals surface area (Å²) in [7, 11) is 0. The Morgan fingerprint density at radius 3 is 1.39 bits per heavy atom. The lowest BCUT2D eigenvalue weighted by Crippen LogP contribution is -2.67. The molecule has 0 heterocycles. The Morgan fingerprint density at radius 1 is 0.576 bits per heavy atom. The van der Waals surface area contributed by atoms with Gasteiger partial charge >= 0.3 is 35.8 Å². The van der Waals surface area contributed by atoms with Crippen LogP contribution in [0.2, 0.25) is 0 Å². The van der Waals surface area contributed by atoms with Crippen molar-refractivity contribution in [1.82, 2.24) is 0 Å². The molecule has 8 fully saturated rings. The van der Waals surface area contributed by atoms with Gasteiger partial charge in [0.2, 0.25) is 0 Å². The van der Waals surface area contributed by atoms with Crippen molar-refractivity contribution in [2.45, 2.75) is 273 Å². The van der Waals surface area contributed by atoms with Gasteiger partial charge in [0.1, 0.15) is 31.0 Å². The third kappa shape index (κ3) is 23.8. The Morgan fingerprint density at radius 2 is 1.00 bits per heavy atom. The number of ether oxygens (including phenoxy) is 5. The van der Waals surface area contributed by atoms with Crippen LogP contribution in [0.25, 0.3) is 0 Å². The summed E-state index contributed by atoms with van der Waals surface area (Å²) in [6.45, 7) is 30.9. The lowest BCUT2D eigenvalue weighted by atomic mass is 9.50. The largest absolute Gasteiger partial charge is 0.478 e. The maximum atomic E-state index is 12.4. The van der Waals surface area contributed by atoms with E-state index in [1.165, 1.54) is 12.0 Å². The fourth-order valence-corrected chi connectivity index (χ4v) is 12.3. The molecule has 486 valence electrons. The number of carboxylic acid groups (broad SMARTS) is 1. The monoisotopic (exact) mass is 1200 g/mol. The molecule has 8 atom stereocenters. The molecule has 85 heavy (non-hydrogen) atoms. The van der Waals surface area contributed by atoms with Crippen LogP contribution in [-0.2, 0) is 47.7 Å². The van der Waals surface area contributed by atoms with Gasteiger partial charge in [-0.1, -0.05) is 74.4 Å². The molecule has 0 spiro atoms. The molecule has 6 N–H and O–H groups in total. The molecule has 0 radical (unpaired) electrons. The van der Waals surface area contributed by atoms with Crippen LogP contribution in [0.5, 0.6) is 0 Å². The molecular formula is C67H111NO17. The summed E-state index contributed by atoms with van der Waals surface area (Å²) >= 11 is 0. The maximum absolute atomic E-state index is 12.4. The normalized spacial score (nSPS) is 27.8. The first-order valence-electron chi connectivity index (χ1n) is 31.5. The SMILES string of the molecule is CCC(C)(C)C(=O)OC12CC3CC(CC(O)(C3)C1)C2.CCC(C)(C)C(=O)OC12CC3CC(O)(CC(O)(C3)C1)C2.CCC(C)(C)C(=O)OCCO.CCC(C)C(=O)OCC(C)O.CCC(C)C(=O)OCCC#N.CCC(C)c1ccc(C(=O)O)cc1. The molecule has 9 rings (SSSR count). The Hall–Kier alpha value is -4.67. The van der Waals surface area contributed by atoms with Crippen molar-refractivity contribution in [3.05, 3.63) is 35.4 Å². The Kier molecular flexibility index (Phi) is 29.7. The van der Waals surface area contributed by atoms with Crippen molar-refractivity contribution in [3.63, 3.8) is 0 Å². The number of benzene rings is 1. The van der Waals surface area contributed by atoms with Crippen LogP contribution in [0.15, 0.2) is 24.3 Å². The van der Waals surface area contributed by atoms with Gasteiger partial charge in [0.25, 0.3) is 0 Å². The minimum atomic E-state index is -0.865. The van der Waals surface area contributed by atoms with Gasteiger partial charge in [0.05, 0.1) is 75.6 Å². The average molecular weight is 1200 g/mol. The van der Waals surface area contributed by atoms with Crippen LogP contribution in [0.3, 0.4) is 0 Å². The zero-order chi connectivity index (χ0) is 65.0. The van der Waals surface area contributed by atoms with E-state index in [9.17, 15) is 44.1 Å². The van der Waals surface area contributed by atoms with Gasteiger partial charge in [-0.25, -0.2) is 4.79 Å². The molecule has 0 saturated heterocycles. The number of nitrogens with zero attached hydrogens (tertiary/aromatic N) is 1. The molecule has 0 amide bonds. The number of hydrogen-bond donors (Lipinski definition) is 6. The molecule has 18 heteroatoms. The molecule has 8 aliphatic carbocycles. The number of aliphatic hydroxyl groups is 5. The first-order chi connectivity index (χ1) is 39.3. The van der Waals surface area contributed by atoms with Crippen molar-refractivity contribution in [1.29, 1.82) is 5.26 Å². The summed E-state index contributed by atoms with van der Waals surface area (Å²) in [6.07, 6.45) is 14.0. The number of carbonyl (C=O) groups excluding carboxylic acids is 5. The zero-order valence-corrected chi connectivity index (χ0v) is 54.7. The van der Waals surface area contributed by atoms with Crippen molar-refractivity contribution in [2.24, 2.45) is 45.8 Å². The van der Waals surface area contributed by atoms with E-state index in [2.05, 4.69) is 13.8 Å². The Balaban J connectivity index is 0.000000356. The summed E-state index contributed by atoms with van der Waals surface area (Å²) in [4.78, 5) is 68.3. The standard InChI is InChI=1S/C16H26O4.C16H26O3.C11H14O2.C8H13NO2.2C8H16O3/c1-4-13(2,3)12(17)20-16-7-11-5-14(18,9-16)8-15(19,6-11)10-16;1-4-14(2,3)13(17)19-16-8-11-5-12(9-16)7-15(18,6-11)10-16;1-3-8(2)9-4-6-10(7-5-9)11(12)13;1-3-7(2)8(10)11-6-4-5-9;1-4-8(2,3)7(10)11-6-5-9;1-4-6(2)8(10)11-5-7(3)9/h11,18-19H,4-10H2,1-3H3;11-12,18H,4-10H2,1-3H3;4-8H,3H2,1-2H3,(H,12,13);7H,3-4,6H2,1-2H3;9H,4-6H2,1-3H3;6-7,9H,4-5H2,1-3H3. The predicted octanol–water partition coefficient (Wildman–Crippen LogP) is 11.5. The second-order valence-electron chi connectivity index (χ2n) is 27.8. The van der Waals surface area contributed by atoms with Crippen LogP contribution in [0, 0.1) is 57.2 Å². The second kappa shape index (κ2) is 33.1. The van der Waals surface area contributed by atoms with Gasteiger partial charge in [0, 0.05) is 25.7 Å². The molecule has 0 aliphatic heterocycles. The number of esters is 5. The molecule has 8 bridgehead atoms. The van der Waals surface area contributed by atoms with Crippen molar-refractivity contribution in [2.75, 3.05) is 26.4 Å². The van der Waals surface area contributed by atoms with E-state index in [-0.39, 0.29) is 86.0 Å². The van der Waals surface area contributed by atoms with Gasteiger partial charge in [-0.2, -0.15) is 5.26 Å². The van der Waals surface area contributed by atoms with E-state index in [0.29, 0.717) is 49.0 Å². The topological polar surface area (TPSA) is 294 Å². The van der Waals surface area contributed by atoms with E-state index >= 15 is 0 Å². The highest BCUT2D eigenvalue weighted by atomic mass is 16.6. The molecule has 8 aliphatic rings. The van der Waals surface area contributed by atoms with E-state index in [0.717, 1.165) is 83.5 Å². The van der Waals surface area contributed by atoms with E-state index in [4.69, 9.17) is 44.3 Å². The first-order valence-corrected chi connectivity index (χ1v) is 31.5. The lowest BCUT2D eigenvalue weighted by molar-refractivity contribution is -0.264. The summed E-state index contributed by atoms with van der Waals surface area (Å²) in [6, 6.07) is 8.99. The highest BCUT2D eigenvalue weighted by Gasteiger charge is 2.65. The van der Waals surface area contributed by atoms with Gasteiger partial charge in [-0.15, -0.1) is 0 Å². The Bertz CT molecular complexity index is 2300. The number of hydrogen-bond acceptors (Lipinski definition) is 17. The third-order valence-corrected chi connectivity index (χ3v) is 18.5. The van der Waals surface area contributed by atoms with Crippen molar-refractivity contribution < 1.29 is 83.1 Å². The van der Waals surface area contributed by atoms with Gasteiger partial charge < -0.3 is 54.3 Å². The number of nitriles is 1. The predicted molar refractivity (Wildman–Crippen MR) is 323 cm³/mol. The average Bonchev–Trinajstić information content (AvgIpc) is 0.825. The minimum absolute atomic E-state index is 0.0475. The van der Waals surface area contributed by atoms with Crippen LogP contribution in [0.1, 0.15) is 255 Å². The third-order valence-electron chi connectivity index (χ3n) is 18.5. The maximum Gasteiger partial charge on any atom is 0.335 e. The molecule has 1 aromatic rings. The molecule has 18 nitrogen and oxygen atoms in total. The summed E-state index contributed by atoms with van der Waals surface area (Å²) < 4.78 is 26.1. The number of carboxylic acids is 1. The number of aromatic carboxylic acids is 1. The summed E-state index contributed by atoms with van der Waals surface area (Å²) in [5, 5.41) is 65.9. The zero-order valence-electron chi connectivity index (χ0n) is 54.7. The molecule has 0 aromatic heterocycles. The number of carbonyl (C=O) groups is 6. The number of aliphatic hydroxyl groups excluding tert-OH is 2. The smallest absolute Gasteiger partial charge is 0.335 e. The molecule has 8 saturated carbocycles. The summed E-state index contributed by atoms with van der Waals surface area (Å²) in [5.74, 6) is -0.0349. The van der Waals surface area contributed by atoms with E-state index < -0.39 is 50.7 Å². The first kappa shape index (κ1) is 76.4. The summed E-state index contributed by atoms with van der Waals surface area (Å²) in [5.41, 5.74) is -3.03. The molecule has 1 aromatic carbocycles. The molecular weight excluding hydrogens is 1090 g/mol. The Labute approximate surface area is 508 Å². The highest BCUT2D eigenvalue weighted by molar-refractivity contribution is 5.87. The van der Waals surface area contributed by atoms with Gasteiger partial charge in [0.15, 0.2) is 0 Å². The fraction of sp³-hybridized carbons (Fsp3) is 0.806. The van der Waals surface area contributed by atoms with Crippen LogP contribution in [0.4, 0.5) is 0 Å². The highest BCUT2D eigenvalue weighted by Crippen LogP contribution is 2.61. The van der Waals surface area contributed by atoms with Crippen molar-refractivity contribution >= 4 is 35.8 Å². The number of rotatable bonds is 21. The van der Waals surface area contributed by atoms with Gasteiger partial charge in [-0.3, -0.25) is 24.0 Å². The van der Waals surface area contributed by atoms with Crippen LogP contribution < -0.4 is 0 Å². The molecule has 8 unspecified atom stereocenters. The van der Waals surface area contributed by atoms with Crippen LogP contribution in [-0.4, -0.2) is 127 Å². The van der Waals surface area contributed by atoms with E-state index in [1.54, 1.807) is 19.1 Å². The quantitative estimate of drug-likeness (QED) is 0.0379. The van der Waals surface area contributed by atoms with E-state index in [1.807, 2.05) is 108 Å². The fourth-order valence-electron chi connectivity index (χ4n) is 12.3. The van der Waals surface area contributed by atoms with Crippen LogP contribution >= 0.6 is 0 Å². The minimum Gasteiger partial charge on any atom is -0.478 e. The van der Waals surface area contributed by atoms with Crippen molar-refractivity contribution in [3.8, 4) is 6.07 Å². The second-order valence-corrected chi connectivity index (χ2v) is 27.8. The van der Waals surface area contributed by atoms with Gasteiger partial charge in [-0.05, 0) is 180 Å².